The number of alkyl halides is 6. The van der Waals surface area contributed by atoms with E-state index in [4.69, 9.17) is 25.4 Å². The van der Waals surface area contributed by atoms with Crippen molar-refractivity contribution in [2.24, 2.45) is 0 Å². The number of rotatable bonds is 16. The van der Waals surface area contributed by atoms with Crippen LogP contribution in [0, 0.1) is 19.3 Å². The molecule has 0 atom stereocenters. The number of carbonyl (C=O) groups excluding carboxylic acids is 4. The molecule has 2 amide bonds. The number of benzene rings is 4. The van der Waals surface area contributed by atoms with Crippen molar-refractivity contribution < 1.29 is 64.5 Å². The number of nitrogens with one attached hydrogen (secondary N) is 2. The topological polar surface area (TPSA) is 155 Å². The zero-order valence-electron chi connectivity index (χ0n) is 39.4. The summed E-state index contributed by atoms with van der Waals surface area (Å²) in [4.78, 5) is 57.2. The molecule has 20 heteroatoms. The normalized spacial score (nSPS) is 11.6. The number of aryl methyl sites for hydroxylation is 1. The third-order valence-corrected chi connectivity index (χ3v) is 12.2. The van der Waals surface area contributed by atoms with Gasteiger partial charge in [-0.3, -0.25) is 9.59 Å². The molecule has 374 valence electrons. The first-order valence-electron chi connectivity index (χ1n) is 21.6. The van der Waals surface area contributed by atoms with Gasteiger partial charge in [0.2, 0.25) is 0 Å². The summed E-state index contributed by atoms with van der Waals surface area (Å²) in [5.41, 5.74) is -0.906. The number of esters is 2. The Hall–Kier alpha value is -7.24. The largest absolute Gasteiger partial charge is 0.476 e. The van der Waals surface area contributed by atoms with Gasteiger partial charge in [0, 0.05) is 29.8 Å². The number of hydrogen-bond acceptors (Lipinski definition) is 12. The van der Waals surface area contributed by atoms with E-state index < -0.39 is 57.5 Å². The van der Waals surface area contributed by atoms with Gasteiger partial charge in [0.15, 0.2) is 16.9 Å². The van der Waals surface area contributed by atoms with Gasteiger partial charge in [-0.05, 0) is 108 Å². The number of terminal acetylenes is 1. The lowest BCUT2D eigenvalue weighted by Crippen LogP contribution is -2.39. The van der Waals surface area contributed by atoms with Crippen LogP contribution in [0.3, 0.4) is 0 Å². The second-order valence-electron chi connectivity index (χ2n) is 16.2. The summed E-state index contributed by atoms with van der Waals surface area (Å²) >= 11 is 1.77. The Morgan fingerprint density at radius 3 is 1.41 bits per heavy atom. The van der Waals surface area contributed by atoms with E-state index >= 15 is 0 Å². The summed E-state index contributed by atoms with van der Waals surface area (Å²) in [5.74, 6) is 1.26. The monoisotopic (exact) mass is 1020 g/mol. The molecule has 0 saturated heterocycles. The standard InChI is InChI=1S/C26H26N2O4S.C25H22F6N2O4S/c1-6-18-8-12-20(13-9-18)24-28-17(3)22(33-24)23(29)27-16-19-10-14-21(15-11-19)32-26(4,5)25(30)31-7-2;1-4-36-22(35)23(2,3)37-17-11-5-14(6-12-17)13-32-20(34)18-19(25(29,30)31)33-21(38-18)15-7-9-16(10-8-15)24(26,27)28/h1,8-15H,7,16H2,2-5H3,(H,27,29);5-12H,4,13H2,1-3H3,(H,32,34). The van der Waals surface area contributed by atoms with E-state index in [2.05, 4.69) is 26.5 Å². The lowest BCUT2D eigenvalue weighted by atomic mass is 10.1. The van der Waals surface area contributed by atoms with E-state index in [1.165, 1.54) is 37.3 Å². The van der Waals surface area contributed by atoms with E-state index in [1.54, 1.807) is 52.0 Å². The Bertz CT molecular complexity index is 2850. The van der Waals surface area contributed by atoms with Crippen LogP contribution in [0.1, 0.15) is 94.5 Å². The highest BCUT2D eigenvalue weighted by Crippen LogP contribution is 2.39. The van der Waals surface area contributed by atoms with Crippen molar-refractivity contribution >= 4 is 46.4 Å². The third kappa shape index (κ3) is 14.9. The quantitative estimate of drug-likeness (QED) is 0.0544. The Kier molecular flexibility index (Phi) is 17.8. The average Bonchev–Trinajstić information content (AvgIpc) is 3.96. The first-order valence-corrected chi connectivity index (χ1v) is 23.2. The predicted molar refractivity (Wildman–Crippen MR) is 256 cm³/mol. The number of ether oxygens (including phenoxy) is 4. The average molecular weight is 1020 g/mol. The molecule has 0 aliphatic heterocycles. The second-order valence-corrected chi connectivity index (χ2v) is 18.2. The van der Waals surface area contributed by atoms with Crippen LogP contribution < -0.4 is 20.1 Å². The summed E-state index contributed by atoms with van der Waals surface area (Å²) < 4.78 is 100. The molecule has 0 saturated carbocycles. The van der Waals surface area contributed by atoms with Crippen LogP contribution in [-0.2, 0) is 44.5 Å². The summed E-state index contributed by atoms with van der Waals surface area (Å²) in [6.07, 6.45) is -4.16. The minimum Gasteiger partial charge on any atom is -0.476 e. The van der Waals surface area contributed by atoms with Crippen LogP contribution in [0.5, 0.6) is 11.5 Å². The van der Waals surface area contributed by atoms with Gasteiger partial charge in [-0.2, -0.15) is 26.3 Å². The highest BCUT2D eigenvalue weighted by Gasteiger charge is 2.40. The predicted octanol–water partition coefficient (Wildman–Crippen LogP) is 11.2. The fourth-order valence-corrected chi connectivity index (χ4v) is 8.18. The maximum atomic E-state index is 13.6. The zero-order chi connectivity index (χ0) is 52.3. The highest BCUT2D eigenvalue weighted by atomic mass is 32.1. The van der Waals surface area contributed by atoms with Gasteiger partial charge in [-0.15, -0.1) is 29.1 Å². The van der Waals surface area contributed by atoms with Crippen LogP contribution in [0.25, 0.3) is 21.1 Å². The summed E-state index contributed by atoms with van der Waals surface area (Å²) in [6, 6.07) is 24.3. The smallest absolute Gasteiger partial charge is 0.435 e. The molecule has 0 radical (unpaired) electrons. The first-order chi connectivity index (χ1) is 33.3. The maximum Gasteiger partial charge on any atom is 0.435 e. The van der Waals surface area contributed by atoms with Gasteiger partial charge in [-0.1, -0.05) is 54.5 Å². The molecule has 12 nitrogen and oxygen atoms in total. The Morgan fingerprint density at radius 1 is 0.592 bits per heavy atom. The van der Waals surface area contributed by atoms with Crippen LogP contribution in [-0.4, -0.2) is 58.1 Å². The molecule has 0 spiro atoms. The molecule has 0 aliphatic carbocycles. The van der Waals surface area contributed by atoms with E-state index in [0.717, 1.165) is 46.0 Å². The van der Waals surface area contributed by atoms with Crippen molar-refractivity contribution in [2.45, 2.75) is 85.1 Å². The van der Waals surface area contributed by atoms with Crippen LogP contribution in [0.15, 0.2) is 97.1 Å². The van der Waals surface area contributed by atoms with Gasteiger partial charge in [0.05, 0.1) is 24.5 Å². The van der Waals surface area contributed by atoms with E-state index in [0.29, 0.717) is 52.1 Å². The van der Waals surface area contributed by atoms with Gasteiger partial charge in [0.25, 0.3) is 11.8 Å². The SMILES string of the molecule is C#Cc1ccc(-c2nc(C)c(C(=O)NCc3ccc(OC(C)(C)C(=O)OCC)cc3)s2)cc1.CCOC(=O)C(C)(C)Oc1ccc(CNC(=O)c2sc(-c3ccc(C(F)(F)F)cc3)nc2C(F)(F)F)cc1. The van der Waals surface area contributed by atoms with Crippen LogP contribution in [0.4, 0.5) is 26.3 Å². The molecule has 0 unspecified atom stereocenters. The van der Waals surface area contributed by atoms with E-state index in [1.807, 2.05) is 43.3 Å². The summed E-state index contributed by atoms with van der Waals surface area (Å²) in [6.45, 7) is 12.3. The number of hydrogen-bond donors (Lipinski definition) is 2. The second kappa shape index (κ2) is 23.1. The number of halogens is 6. The maximum absolute atomic E-state index is 13.6. The lowest BCUT2D eigenvalue weighted by Gasteiger charge is -2.24. The Morgan fingerprint density at radius 2 is 1.00 bits per heavy atom. The zero-order valence-corrected chi connectivity index (χ0v) is 41.0. The number of amides is 2. The molecule has 6 aromatic rings. The molecule has 2 N–H and O–H groups in total. The molecule has 2 aromatic heterocycles. The molecule has 0 fully saturated rings. The molecule has 4 aromatic carbocycles. The number of carbonyl (C=O) groups is 4. The first kappa shape index (κ1) is 54.7. The minimum absolute atomic E-state index is 0.00822. The molecular formula is C51H48F6N4O8S2. The molecule has 6 rings (SSSR count). The molecule has 2 heterocycles. The van der Waals surface area contributed by atoms with Crippen LogP contribution in [0.2, 0.25) is 0 Å². The van der Waals surface area contributed by atoms with Crippen molar-refractivity contribution in [2.75, 3.05) is 13.2 Å². The van der Waals surface area contributed by atoms with Gasteiger partial charge < -0.3 is 29.6 Å². The fraction of sp³-hybridized carbons (Fsp3) is 0.294. The van der Waals surface area contributed by atoms with Gasteiger partial charge >= 0.3 is 24.3 Å². The van der Waals surface area contributed by atoms with Crippen molar-refractivity contribution in [3.63, 3.8) is 0 Å². The number of thiazole rings is 2. The van der Waals surface area contributed by atoms with Crippen molar-refractivity contribution in [1.82, 2.24) is 20.6 Å². The Balaban J connectivity index is 0.000000267. The van der Waals surface area contributed by atoms with Crippen LogP contribution >= 0.6 is 22.7 Å². The molecule has 0 bridgehead atoms. The van der Waals surface area contributed by atoms with E-state index in [9.17, 15) is 45.5 Å². The highest BCUT2D eigenvalue weighted by molar-refractivity contribution is 7.17. The molecule has 0 aliphatic rings. The summed E-state index contributed by atoms with van der Waals surface area (Å²) in [7, 11) is 0. The minimum atomic E-state index is -4.96. The number of nitrogens with zero attached hydrogens (tertiary/aromatic N) is 2. The number of aromatic nitrogens is 2. The van der Waals surface area contributed by atoms with Crippen molar-refractivity contribution in [1.29, 1.82) is 0 Å². The third-order valence-electron chi connectivity index (χ3n) is 9.90. The summed E-state index contributed by atoms with van der Waals surface area (Å²) in [5, 5.41) is 5.85. The van der Waals surface area contributed by atoms with Crippen molar-refractivity contribution in [3.8, 4) is 45.0 Å². The van der Waals surface area contributed by atoms with Gasteiger partial charge in [-0.25, -0.2) is 19.6 Å². The van der Waals surface area contributed by atoms with E-state index in [-0.39, 0.29) is 29.6 Å². The Labute approximate surface area is 413 Å². The lowest BCUT2D eigenvalue weighted by molar-refractivity contribution is -0.159. The van der Waals surface area contributed by atoms with Crippen molar-refractivity contribution in [3.05, 3.63) is 140 Å². The molecule has 71 heavy (non-hydrogen) atoms. The molecular weight excluding hydrogens is 975 g/mol. The van der Waals surface area contributed by atoms with Gasteiger partial charge in [0.1, 0.15) is 31.3 Å². The fourth-order valence-electron chi connectivity index (χ4n) is 6.19.